The summed E-state index contributed by atoms with van der Waals surface area (Å²) in [6, 6.07) is 15.8. The highest BCUT2D eigenvalue weighted by molar-refractivity contribution is 5.86. The number of aromatic nitrogens is 4. The number of nitrogens with one attached hydrogen (secondary N) is 4. The van der Waals surface area contributed by atoms with E-state index in [0.717, 1.165) is 83.0 Å². The number of carbonyl (C=O) groups is 3. The number of alkyl carbamates (subject to hydrolysis) is 1. The first kappa shape index (κ1) is 41.4. The van der Waals surface area contributed by atoms with Gasteiger partial charge in [0, 0.05) is 18.7 Å². The summed E-state index contributed by atoms with van der Waals surface area (Å²) in [7, 11) is 1.30. The van der Waals surface area contributed by atoms with Gasteiger partial charge in [0.15, 0.2) is 0 Å². The second kappa shape index (κ2) is 18.0. The van der Waals surface area contributed by atoms with Crippen molar-refractivity contribution in [2.45, 2.75) is 90.8 Å². The van der Waals surface area contributed by atoms with Crippen molar-refractivity contribution in [1.82, 2.24) is 35.5 Å². The molecule has 4 aromatic rings. The molecule has 12 nitrogen and oxygen atoms in total. The van der Waals surface area contributed by atoms with Crippen LogP contribution in [-0.4, -0.2) is 75.2 Å². The van der Waals surface area contributed by atoms with E-state index in [1.54, 1.807) is 6.20 Å². The van der Waals surface area contributed by atoms with Gasteiger partial charge in [0.1, 0.15) is 17.7 Å². The SMILES string of the molecule is C=N/C=C(\C=C/C)C(NC(=O)C1C2CCC(C2)[C@H]1c1ncc(-c2ccc(-c3ccc(-c4cnc([C@@H]5CCCN5C(=O)[C@@H](NC(=O)OC)C(C)C)[nH]4)cc3)cc2)[nH]1)C(C)C. The van der Waals surface area contributed by atoms with Crippen LogP contribution in [0.3, 0.4) is 0 Å². The van der Waals surface area contributed by atoms with Crippen LogP contribution in [0.4, 0.5) is 4.79 Å². The highest BCUT2D eigenvalue weighted by atomic mass is 16.5. The van der Waals surface area contributed by atoms with Crippen molar-refractivity contribution in [1.29, 1.82) is 0 Å². The number of likely N-dealkylation sites (tertiary alicyclic amines) is 1. The number of carbonyl (C=O) groups excluding carboxylic acids is 3. The number of aliphatic imine (C=N–C) groups is 1. The van der Waals surface area contributed by atoms with Gasteiger partial charge in [-0.25, -0.2) is 14.8 Å². The minimum absolute atomic E-state index is 0.0536. The lowest BCUT2D eigenvalue weighted by Gasteiger charge is -2.32. The Morgan fingerprint density at radius 1 is 0.831 bits per heavy atom. The van der Waals surface area contributed by atoms with Gasteiger partial charge in [-0.2, -0.15) is 0 Å². The maximum atomic E-state index is 14.1. The molecule has 7 rings (SSSR count). The van der Waals surface area contributed by atoms with Gasteiger partial charge in [0.2, 0.25) is 11.8 Å². The van der Waals surface area contributed by atoms with E-state index in [4.69, 9.17) is 14.7 Å². The summed E-state index contributed by atoms with van der Waals surface area (Å²) in [6.07, 6.45) is 13.7. The van der Waals surface area contributed by atoms with Crippen molar-refractivity contribution in [2.75, 3.05) is 13.7 Å². The number of hydrogen-bond acceptors (Lipinski definition) is 7. The van der Waals surface area contributed by atoms with E-state index in [1.165, 1.54) is 7.11 Å². The standard InChI is InChI=1S/C47H58N8O4/c1-8-10-35(24-48-6)41(27(2)3)53-45(56)40-34-21-20-33(23-34)39(40)44-50-26-37(52-44)32-18-14-30(15-19-32)29-12-16-31(17-13-29)36-25-49-43(51-36)38-11-9-22-55(38)46(57)42(28(4)5)54-47(58)59-7/h8,10,12-19,24-28,33-34,38-42H,6,9,11,20-23H2,1-5,7H3,(H,49,51)(H,50,52)(H,53,56)(H,54,58)/b10-8-,35-24+/t33?,34?,38-,39+,40?,41?,42-/m0/s1. The molecule has 4 N–H and O–H groups in total. The summed E-state index contributed by atoms with van der Waals surface area (Å²) in [4.78, 5) is 62.1. The molecular weight excluding hydrogens is 741 g/mol. The summed E-state index contributed by atoms with van der Waals surface area (Å²) >= 11 is 0. The molecule has 3 aliphatic rings. The molecule has 4 unspecified atom stereocenters. The van der Waals surface area contributed by atoms with Crippen molar-refractivity contribution >= 4 is 24.6 Å². The number of ether oxygens (including phenoxy) is 1. The van der Waals surface area contributed by atoms with Crippen LogP contribution in [0.15, 0.2) is 89.8 Å². The van der Waals surface area contributed by atoms with Gasteiger partial charge in [-0.15, -0.1) is 0 Å². The predicted molar refractivity (Wildman–Crippen MR) is 231 cm³/mol. The third kappa shape index (κ3) is 8.67. The van der Waals surface area contributed by atoms with Crippen molar-refractivity contribution in [3.05, 3.63) is 96.5 Å². The number of hydrogen-bond donors (Lipinski definition) is 4. The van der Waals surface area contributed by atoms with Crippen LogP contribution in [0.2, 0.25) is 0 Å². The molecule has 2 aromatic carbocycles. The Labute approximate surface area is 347 Å². The van der Waals surface area contributed by atoms with Gasteiger partial charge < -0.3 is 30.2 Å². The number of fused-ring (bicyclic) bond motifs is 2. The normalized spacial score (nSPS) is 22.6. The maximum Gasteiger partial charge on any atom is 0.407 e. The van der Waals surface area contributed by atoms with E-state index >= 15 is 0 Å². The van der Waals surface area contributed by atoms with Gasteiger partial charge >= 0.3 is 6.09 Å². The number of rotatable bonds is 14. The Morgan fingerprint density at radius 2 is 1.41 bits per heavy atom. The lowest BCUT2D eigenvalue weighted by Crippen LogP contribution is -2.51. The minimum Gasteiger partial charge on any atom is -0.453 e. The molecule has 1 aliphatic heterocycles. The first-order valence-electron chi connectivity index (χ1n) is 21.1. The van der Waals surface area contributed by atoms with Crippen LogP contribution in [-0.2, 0) is 14.3 Å². The Balaban J connectivity index is 1.02. The maximum absolute atomic E-state index is 14.1. The molecule has 3 fully saturated rings. The molecule has 7 atom stereocenters. The summed E-state index contributed by atoms with van der Waals surface area (Å²) < 4.78 is 4.77. The molecule has 310 valence electrons. The van der Waals surface area contributed by atoms with Gasteiger partial charge in [0.05, 0.1) is 48.9 Å². The number of benzene rings is 2. The van der Waals surface area contributed by atoms with E-state index in [2.05, 4.69) is 94.7 Å². The summed E-state index contributed by atoms with van der Waals surface area (Å²) in [5, 5.41) is 6.10. The van der Waals surface area contributed by atoms with Crippen molar-refractivity contribution in [3.63, 3.8) is 0 Å². The van der Waals surface area contributed by atoms with Crippen LogP contribution in [0, 0.1) is 29.6 Å². The number of methoxy groups -OCH3 is 1. The Bertz CT molecular complexity index is 2180. The van der Waals surface area contributed by atoms with Crippen molar-refractivity contribution < 1.29 is 19.1 Å². The van der Waals surface area contributed by atoms with Crippen LogP contribution >= 0.6 is 0 Å². The van der Waals surface area contributed by atoms with Gasteiger partial charge in [0.25, 0.3) is 0 Å². The molecule has 1 saturated heterocycles. The van der Waals surface area contributed by atoms with Crippen molar-refractivity contribution in [2.24, 2.45) is 34.6 Å². The first-order valence-corrected chi connectivity index (χ1v) is 21.1. The zero-order chi connectivity index (χ0) is 41.8. The Hall–Kier alpha value is -5.78. The van der Waals surface area contributed by atoms with E-state index in [0.29, 0.717) is 18.4 Å². The third-order valence-corrected chi connectivity index (χ3v) is 12.6. The average Bonchev–Trinajstić information content (AvgIpc) is 4.10. The monoisotopic (exact) mass is 798 g/mol. The van der Waals surface area contributed by atoms with E-state index in [-0.39, 0.29) is 47.6 Å². The van der Waals surface area contributed by atoms with E-state index in [1.807, 2.05) is 50.2 Å². The predicted octanol–water partition coefficient (Wildman–Crippen LogP) is 8.61. The second-order valence-electron chi connectivity index (χ2n) is 17.0. The summed E-state index contributed by atoms with van der Waals surface area (Å²) in [5.41, 5.74) is 6.98. The molecule has 12 heteroatoms. The molecule has 3 amide bonds. The number of aromatic amines is 2. The minimum atomic E-state index is -0.681. The Kier molecular flexibility index (Phi) is 12.6. The smallest absolute Gasteiger partial charge is 0.407 e. The molecule has 2 aromatic heterocycles. The lowest BCUT2D eigenvalue weighted by atomic mass is 9.78. The number of imidazole rings is 2. The molecule has 0 spiro atoms. The van der Waals surface area contributed by atoms with Gasteiger partial charge in [-0.05, 0) is 97.2 Å². The second-order valence-corrected chi connectivity index (χ2v) is 17.0. The molecular formula is C47H58N8O4. The lowest BCUT2D eigenvalue weighted by molar-refractivity contribution is -0.135. The third-order valence-electron chi connectivity index (χ3n) is 12.6. The van der Waals surface area contributed by atoms with Crippen LogP contribution < -0.4 is 10.6 Å². The summed E-state index contributed by atoms with van der Waals surface area (Å²) in [5.74, 6) is 2.41. The number of allylic oxidation sites excluding steroid dienone is 1. The van der Waals surface area contributed by atoms with Crippen LogP contribution in [0.5, 0.6) is 0 Å². The van der Waals surface area contributed by atoms with Crippen LogP contribution in [0.1, 0.15) is 90.3 Å². The highest BCUT2D eigenvalue weighted by Gasteiger charge is 2.52. The quantitative estimate of drug-likeness (QED) is 0.0739. The molecule has 2 bridgehead atoms. The Morgan fingerprint density at radius 3 is 1.98 bits per heavy atom. The van der Waals surface area contributed by atoms with Gasteiger partial charge in [-0.3, -0.25) is 14.6 Å². The largest absolute Gasteiger partial charge is 0.453 e. The number of H-pyrrole nitrogens is 2. The fraction of sp³-hybridized carbons (Fsp3) is 0.447. The fourth-order valence-corrected chi connectivity index (χ4v) is 9.65. The zero-order valence-corrected chi connectivity index (χ0v) is 35.1. The molecule has 59 heavy (non-hydrogen) atoms. The molecule has 2 saturated carbocycles. The van der Waals surface area contributed by atoms with Crippen molar-refractivity contribution in [3.8, 4) is 33.6 Å². The topological polar surface area (TPSA) is 157 Å². The van der Waals surface area contributed by atoms with Crippen LogP contribution in [0.25, 0.3) is 33.6 Å². The molecule has 2 aliphatic carbocycles. The van der Waals surface area contributed by atoms with E-state index in [9.17, 15) is 14.4 Å². The average molecular weight is 799 g/mol. The zero-order valence-electron chi connectivity index (χ0n) is 35.1. The number of amides is 3. The fourth-order valence-electron chi connectivity index (χ4n) is 9.65. The summed E-state index contributed by atoms with van der Waals surface area (Å²) in [6.45, 7) is 14.3. The molecule has 3 heterocycles. The number of nitrogens with zero attached hydrogens (tertiary/aromatic N) is 4. The highest BCUT2D eigenvalue weighted by Crippen LogP contribution is 2.56. The van der Waals surface area contributed by atoms with Gasteiger partial charge in [-0.1, -0.05) is 88.4 Å². The first-order chi connectivity index (χ1) is 28.5. The van der Waals surface area contributed by atoms with E-state index < -0.39 is 12.1 Å². The molecule has 0 radical (unpaired) electrons.